The van der Waals surface area contributed by atoms with E-state index in [-0.39, 0.29) is 18.4 Å². The average molecular weight is 354 g/mol. The van der Waals surface area contributed by atoms with Crippen LogP contribution in [-0.4, -0.2) is 25.5 Å². The molecule has 0 aliphatic rings. The van der Waals surface area contributed by atoms with Crippen molar-refractivity contribution in [2.75, 3.05) is 19.0 Å². The van der Waals surface area contributed by atoms with Gasteiger partial charge in [-0.25, -0.2) is 0 Å². The highest BCUT2D eigenvalue weighted by molar-refractivity contribution is 5.99. The van der Waals surface area contributed by atoms with E-state index < -0.39 is 0 Å². The second kappa shape index (κ2) is 10.2. The summed E-state index contributed by atoms with van der Waals surface area (Å²) in [6.07, 6.45) is 4.67. The predicted octanol–water partition coefficient (Wildman–Crippen LogP) is 3.80. The van der Waals surface area contributed by atoms with Crippen LogP contribution in [0.4, 0.5) is 5.69 Å². The first-order chi connectivity index (χ1) is 12.6. The molecule has 26 heavy (non-hydrogen) atoms. The third kappa shape index (κ3) is 6.24. The number of carbonyl (C=O) groups is 2. The topological polar surface area (TPSA) is 67.4 Å². The number of anilines is 1. The molecule has 0 heterocycles. The van der Waals surface area contributed by atoms with Gasteiger partial charge in [0, 0.05) is 11.3 Å². The number of ether oxygens (including phenoxy) is 1. The van der Waals surface area contributed by atoms with Crippen LogP contribution in [-0.2, 0) is 11.2 Å². The van der Waals surface area contributed by atoms with Crippen LogP contribution in [0.25, 0.3) is 0 Å². The highest BCUT2D eigenvalue weighted by Crippen LogP contribution is 2.13. The van der Waals surface area contributed by atoms with Gasteiger partial charge < -0.3 is 15.4 Å². The quantitative estimate of drug-likeness (QED) is 0.673. The molecule has 2 rings (SSSR count). The molecule has 2 N–H and O–H groups in total. The van der Waals surface area contributed by atoms with Crippen molar-refractivity contribution >= 4 is 17.5 Å². The van der Waals surface area contributed by atoms with Crippen LogP contribution in [0.15, 0.2) is 48.5 Å². The summed E-state index contributed by atoms with van der Waals surface area (Å²) >= 11 is 0. The molecule has 0 atom stereocenters. The largest absolute Gasteiger partial charge is 0.497 e. The Balaban J connectivity index is 1.77. The van der Waals surface area contributed by atoms with Crippen LogP contribution >= 0.6 is 0 Å². The lowest BCUT2D eigenvalue weighted by Gasteiger charge is -2.08. The third-order valence-electron chi connectivity index (χ3n) is 4.07. The van der Waals surface area contributed by atoms with Gasteiger partial charge >= 0.3 is 0 Å². The fraction of sp³-hybridized carbons (Fsp3) is 0.333. The Morgan fingerprint density at radius 2 is 1.65 bits per heavy atom. The number of carbonyl (C=O) groups excluding carboxylic acids is 2. The fourth-order valence-corrected chi connectivity index (χ4v) is 2.54. The van der Waals surface area contributed by atoms with Crippen LogP contribution < -0.4 is 15.4 Å². The van der Waals surface area contributed by atoms with Gasteiger partial charge in [0.25, 0.3) is 5.91 Å². The highest BCUT2D eigenvalue weighted by atomic mass is 16.5. The maximum Gasteiger partial charge on any atom is 0.251 e. The lowest BCUT2D eigenvalue weighted by Crippen LogP contribution is -2.32. The molecule has 0 saturated heterocycles. The minimum atomic E-state index is -0.297. The number of unbranched alkanes of at least 4 members (excludes halogenated alkanes) is 2. The summed E-state index contributed by atoms with van der Waals surface area (Å²) in [6.45, 7) is 2.11. The zero-order chi connectivity index (χ0) is 18.8. The van der Waals surface area contributed by atoms with Crippen LogP contribution in [0, 0.1) is 0 Å². The van der Waals surface area contributed by atoms with Crippen molar-refractivity contribution in [2.24, 2.45) is 0 Å². The van der Waals surface area contributed by atoms with E-state index in [1.54, 1.807) is 31.4 Å². The van der Waals surface area contributed by atoms with Crippen LogP contribution in [0.5, 0.6) is 5.75 Å². The molecule has 0 spiro atoms. The number of amides is 2. The molecule has 2 aromatic rings. The molecular weight excluding hydrogens is 328 g/mol. The Bertz CT molecular complexity index is 709. The lowest BCUT2D eigenvalue weighted by atomic mass is 10.1. The molecule has 0 fully saturated rings. The van der Waals surface area contributed by atoms with Crippen LogP contribution in [0.3, 0.4) is 0 Å². The summed E-state index contributed by atoms with van der Waals surface area (Å²) in [5, 5.41) is 5.40. The molecule has 2 amide bonds. The summed E-state index contributed by atoms with van der Waals surface area (Å²) in [4.78, 5) is 24.0. The van der Waals surface area contributed by atoms with E-state index in [1.165, 1.54) is 24.8 Å². The van der Waals surface area contributed by atoms with Crippen molar-refractivity contribution in [3.8, 4) is 5.75 Å². The Morgan fingerprint density at radius 1 is 0.962 bits per heavy atom. The first-order valence-electron chi connectivity index (χ1n) is 8.93. The number of nitrogens with one attached hydrogen (secondary N) is 2. The normalized spacial score (nSPS) is 10.2. The van der Waals surface area contributed by atoms with E-state index >= 15 is 0 Å². The minimum Gasteiger partial charge on any atom is -0.497 e. The number of hydrogen-bond donors (Lipinski definition) is 2. The Kier molecular flexibility index (Phi) is 7.68. The molecule has 5 heteroatoms. The smallest absolute Gasteiger partial charge is 0.251 e. The molecule has 0 aliphatic heterocycles. The van der Waals surface area contributed by atoms with E-state index in [0.717, 1.165) is 12.1 Å². The highest BCUT2D eigenvalue weighted by Gasteiger charge is 2.08. The van der Waals surface area contributed by atoms with Crippen molar-refractivity contribution in [3.63, 3.8) is 0 Å². The Morgan fingerprint density at radius 3 is 2.27 bits per heavy atom. The standard InChI is InChI=1S/C21H26N2O3/c1-3-4-5-6-16-7-11-18(12-8-16)23-20(24)15-22-21(25)17-9-13-19(26-2)14-10-17/h7-14H,3-6,15H2,1-2H3,(H,22,25)(H,23,24). The zero-order valence-corrected chi connectivity index (χ0v) is 15.4. The second-order valence-corrected chi connectivity index (χ2v) is 6.11. The van der Waals surface area contributed by atoms with E-state index in [0.29, 0.717) is 11.3 Å². The van der Waals surface area contributed by atoms with Gasteiger partial charge in [-0.3, -0.25) is 9.59 Å². The van der Waals surface area contributed by atoms with Gasteiger partial charge in [0.1, 0.15) is 5.75 Å². The summed E-state index contributed by atoms with van der Waals surface area (Å²) in [7, 11) is 1.57. The molecule has 5 nitrogen and oxygen atoms in total. The molecule has 2 aromatic carbocycles. The molecule has 0 saturated carbocycles. The van der Waals surface area contributed by atoms with E-state index in [2.05, 4.69) is 17.6 Å². The van der Waals surface area contributed by atoms with Crippen molar-refractivity contribution in [1.82, 2.24) is 5.32 Å². The maximum atomic E-state index is 12.0. The van der Waals surface area contributed by atoms with Gasteiger partial charge in [0.15, 0.2) is 0 Å². The van der Waals surface area contributed by atoms with E-state index in [4.69, 9.17) is 4.74 Å². The fourth-order valence-electron chi connectivity index (χ4n) is 2.54. The van der Waals surface area contributed by atoms with Crippen LogP contribution in [0.2, 0.25) is 0 Å². The first-order valence-corrected chi connectivity index (χ1v) is 8.93. The van der Waals surface area contributed by atoms with Crippen molar-refractivity contribution in [1.29, 1.82) is 0 Å². The minimum absolute atomic E-state index is 0.0802. The molecule has 0 radical (unpaired) electrons. The number of aryl methyl sites for hydroxylation is 1. The molecular formula is C21H26N2O3. The number of rotatable bonds is 9. The Hall–Kier alpha value is -2.82. The predicted molar refractivity (Wildman–Crippen MR) is 104 cm³/mol. The van der Waals surface area contributed by atoms with Crippen molar-refractivity contribution in [3.05, 3.63) is 59.7 Å². The van der Waals surface area contributed by atoms with Crippen LogP contribution in [0.1, 0.15) is 42.1 Å². The summed E-state index contributed by atoms with van der Waals surface area (Å²) in [5.74, 6) is 0.122. The van der Waals surface area contributed by atoms with Gasteiger partial charge in [-0.15, -0.1) is 0 Å². The number of hydrogen-bond acceptors (Lipinski definition) is 3. The average Bonchev–Trinajstić information content (AvgIpc) is 2.68. The van der Waals surface area contributed by atoms with E-state index in [1.807, 2.05) is 24.3 Å². The SMILES string of the molecule is CCCCCc1ccc(NC(=O)CNC(=O)c2ccc(OC)cc2)cc1. The molecule has 0 aromatic heterocycles. The van der Waals surface area contributed by atoms with Gasteiger partial charge in [0.2, 0.25) is 5.91 Å². The number of methoxy groups -OCH3 is 1. The Labute approximate surface area is 154 Å². The zero-order valence-electron chi connectivity index (χ0n) is 15.4. The summed E-state index contributed by atoms with van der Waals surface area (Å²) in [6, 6.07) is 14.6. The van der Waals surface area contributed by atoms with Gasteiger partial charge in [-0.05, 0) is 54.8 Å². The van der Waals surface area contributed by atoms with Gasteiger partial charge in [-0.1, -0.05) is 31.9 Å². The lowest BCUT2D eigenvalue weighted by molar-refractivity contribution is -0.115. The monoisotopic (exact) mass is 354 g/mol. The van der Waals surface area contributed by atoms with Gasteiger partial charge in [0.05, 0.1) is 13.7 Å². The maximum absolute atomic E-state index is 12.0. The molecule has 138 valence electrons. The molecule has 0 bridgehead atoms. The summed E-state index contributed by atoms with van der Waals surface area (Å²) in [5.41, 5.74) is 2.48. The molecule has 0 aliphatic carbocycles. The number of benzene rings is 2. The third-order valence-corrected chi connectivity index (χ3v) is 4.07. The van der Waals surface area contributed by atoms with Crippen molar-refractivity contribution < 1.29 is 14.3 Å². The molecule has 0 unspecified atom stereocenters. The second-order valence-electron chi connectivity index (χ2n) is 6.11. The van der Waals surface area contributed by atoms with Crippen molar-refractivity contribution in [2.45, 2.75) is 32.6 Å². The first kappa shape index (κ1) is 19.5. The van der Waals surface area contributed by atoms with Gasteiger partial charge in [-0.2, -0.15) is 0 Å². The van der Waals surface area contributed by atoms with E-state index in [9.17, 15) is 9.59 Å². The summed E-state index contributed by atoms with van der Waals surface area (Å²) < 4.78 is 5.05.